The molecule has 0 radical (unpaired) electrons. The minimum Gasteiger partial charge on any atom is -0.492 e. The van der Waals surface area contributed by atoms with Crippen molar-refractivity contribution >= 4 is 17.5 Å². The average Bonchev–Trinajstić information content (AvgIpc) is 3.11. The van der Waals surface area contributed by atoms with Crippen LogP contribution in [0.25, 0.3) is 16.8 Å². The molecule has 2 aliphatic heterocycles. The fraction of sp³-hybridized carbons (Fsp3) is 0.435. The van der Waals surface area contributed by atoms with Crippen molar-refractivity contribution in [1.82, 2.24) is 20.5 Å². The normalized spacial score (nSPS) is 18.6. The highest BCUT2D eigenvalue weighted by atomic mass is 32.2. The maximum Gasteiger partial charge on any atom is 0.250 e. The lowest BCUT2D eigenvalue weighted by Gasteiger charge is -2.28. The molecule has 3 heterocycles. The molecule has 0 bridgehead atoms. The van der Waals surface area contributed by atoms with Crippen LogP contribution in [0.1, 0.15) is 25.8 Å². The van der Waals surface area contributed by atoms with E-state index in [1.807, 2.05) is 23.9 Å². The third kappa shape index (κ3) is 4.87. The summed E-state index contributed by atoms with van der Waals surface area (Å²) in [4.78, 5) is 13.3. The minimum atomic E-state index is -0.127. The summed E-state index contributed by atoms with van der Waals surface area (Å²) in [5.74, 6) is 0.821. The lowest BCUT2D eigenvalue weighted by Crippen LogP contribution is -2.56. The van der Waals surface area contributed by atoms with E-state index in [1.54, 1.807) is 12.3 Å². The number of fused-ring (bicyclic) bond motifs is 2. The molecule has 0 fully saturated rings. The van der Waals surface area contributed by atoms with Gasteiger partial charge in [-0.2, -0.15) is 0 Å². The van der Waals surface area contributed by atoms with E-state index in [0.717, 1.165) is 34.6 Å². The second-order valence-electron chi connectivity index (χ2n) is 8.17. The van der Waals surface area contributed by atoms with E-state index in [0.29, 0.717) is 19.3 Å². The van der Waals surface area contributed by atoms with Crippen LogP contribution in [0.2, 0.25) is 0 Å². The van der Waals surface area contributed by atoms with Gasteiger partial charge in [-0.3, -0.25) is 15.4 Å². The minimum absolute atomic E-state index is 0.0353. The SMILES string of the molecule is CC(C)NC(NCN)C1NC2=C(CCOc3cc(-c4ccc(=O)n(CCO)c4)ccc32)S1. The maximum absolute atomic E-state index is 12.0. The molecule has 0 aliphatic carbocycles. The Balaban J connectivity index is 1.61. The van der Waals surface area contributed by atoms with Gasteiger partial charge < -0.3 is 25.5 Å². The van der Waals surface area contributed by atoms with Crippen LogP contribution in [0.5, 0.6) is 5.75 Å². The number of hydrogen-bond acceptors (Lipinski definition) is 8. The molecule has 0 amide bonds. The Morgan fingerprint density at radius 1 is 1.31 bits per heavy atom. The monoisotopic (exact) mass is 457 g/mol. The van der Waals surface area contributed by atoms with E-state index in [9.17, 15) is 9.90 Å². The lowest BCUT2D eigenvalue weighted by molar-refractivity contribution is 0.274. The summed E-state index contributed by atoms with van der Waals surface area (Å²) in [5, 5.41) is 19.9. The van der Waals surface area contributed by atoms with Gasteiger partial charge in [0.1, 0.15) is 11.1 Å². The van der Waals surface area contributed by atoms with Gasteiger partial charge in [0, 0.05) is 48.4 Å². The predicted octanol–water partition coefficient (Wildman–Crippen LogP) is 1.45. The van der Waals surface area contributed by atoms with Crippen molar-refractivity contribution in [2.24, 2.45) is 5.73 Å². The van der Waals surface area contributed by atoms with Crippen LogP contribution in [-0.4, -0.2) is 47.1 Å². The first-order valence-corrected chi connectivity index (χ1v) is 11.8. The Morgan fingerprint density at radius 3 is 2.88 bits per heavy atom. The molecule has 9 heteroatoms. The molecule has 1 aromatic carbocycles. The molecule has 2 aliphatic rings. The number of aromatic nitrogens is 1. The van der Waals surface area contributed by atoms with Crippen LogP contribution >= 0.6 is 11.8 Å². The van der Waals surface area contributed by atoms with Gasteiger partial charge in [0.05, 0.1) is 25.1 Å². The van der Waals surface area contributed by atoms with Crippen molar-refractivity contribution in [3.05, 3.63) is 57.4 Å². The van der Waals surface area contributed by atoms with Gasteiger partial charge >= 0.3 is 0 Å². The van der Waals surface area contributed by atoms with Crippen LogP contribution in [0, 0.1) is 0 Å². The van der Waals surface area contributed by atoms with Gasteiger partial charge in [0.15, 0.2) is 0 Å². The summed E-state index contributed by atoms with van der Waals surface area (Å²) in [5.41, 5.74) is 9.66. The molecule has 6 N–H and O–H groups in total. The summed E-state index contributed by atoms with van der Waals surface area (Å²) in [6.45, 7) is 5.44. The predicted molar refractivity (Wildman–Crippen MR) is 129 cm³/mol. The van der Waals surface area contributed by atoms with Crippen LogP contribution in [0.3, 0.4) is 0 Å². The summed E-state index contributed by atoms with van der Waals surface area (Å²) < 4.78 is 7.62. The Kier molecular flexibility index (Phi) is 7.22. The van der Waals surface area contributed by atoms with Gasteiger partial charge in [-0.25, -0.2) is 0 Å². The van der Waals surface area contributed by atoms with Crippen LogP contribution in [0.15, 0.2) is 46.2 Å². The summed E-state index contributed by atoms with van der Waals surface area (Å²) in [6.07, 6.45) is 2.65. The van der Waals surface area contributed by atoms with E-state index in [-0.39, 0.29) is 30.3 Å². The van der Waals surface area contributed by atoms with E-state index >= 15 is 0 Å². The van der Waals surface area contributed by atoms with Gasteiger partial charge in [0.2, 0.25) is 0 Å². The first kappa shape index (κ1) is 22.9. The number of hydrogen-bond donors (Lipinski definition) is 5. The second kappa shape index (κ2) is 10.1. The molecule has 2 unspecified atom stereocenters. The van der Waals surface area contributed by atoms with Gasteiger partial charge in [-0.05, 0) is 43.2 Å². The number of benzene rings is 1. The molecule has 4 rings (SSSR count). The zero-order valence-electron chi connectivity index (χ0n) is 18.4. The first-order chi connectivity index (χ1) is 15.5. The Hall–Kier alpha value is -2.30. The number of nitrogens with zero attached hydrogens (tertiary/aromatic N) is 1. The van der Waals surface area contributed by atoms with E-state index in [2.05, 4.69) is 35.9 Å². The third-order valence-corrected chi connectivity index (χ3v) is 6.82. The molecule has 2 atom stereocenters. The van der Waals surface area contributed by atoms with Crippen LogP contribution in [-0.2, 0) is 6.54 Å². The maximum atomic E-state index is 12.0. The topological polar surface area (TPSA) is 114 Å². The van der Waals surface area contributed by atoms with Gasteiger partial charge in [-0.1, -0.05) is 6.07 Å². The molecule has 0 saturated heterocycles. The second-order valence-corrected chi connectivity index (χ2v) is 9.41. The quantitative estimate of drug-likeness (QED) is 0.379. The van der Waals surface area contributed by atoms with Gasteiger partial charge in [-0.15, -0.1) is 11.8 Å². The highest BCUT2D eigenvalue weighted by molar-refractivity contribution is 8.04. The summed E-state index contributed by atoms with van der Waals surface area (Å²) in [6, 6.07) is 9.81. The van der Waals surface area contributed by atoms with Crippen molar-refractivity contribution in [3.8, 4) is 16.9 Å². The molecule has 8 nitrogen and oxygen atoms in total. The highest BCUT2D eigenvalue weighted by Gasteiger charge is 2.33. The Morgan fingerprint density at radius 2 is 2.12 bits per heavy atom. The standard InChI is InChI=1S/C23H31N5O3S/c1-14(2)26-22(25-13-24)23-27-21-17-5-3-15(11-18(17)31-10-7-19(21)32-23)16-4-6-20(30)28(12-16)8-9-29/h3-6,11-12,14,22-23,25-27,29H,7-10,13,24H2,1-2H3. The van der Waals surface area contributed by atoms with Crippen LogP contribution in [0.4, 0.5) is 0 Å². The number of rotatable bonds is 8. The summed E-state index contributed by atoms with van der Waals surface area (Å²) >= 11 is 1.82. The number of thioether (sulfide) groups is 1. The molecule has 0 saturated carbocycles. The number of pyridine rings is 1. The Labute approximate surface area is 192 Å². The lowest BCUT2D eigenvalue weighted by atomic mass is 10.0. The van der Waals surface area contributed by atoms with Crippen molar-refractivity contribution in [2.75, 3.05) is 19.9 Å². The van der Waals surface area contributed by atoms with Crippen molar-refractivity contribution in [1.29, 1.82) is 0 Å². The molecule has 32 heavy (non-hydrogen) atoms. The fourth-order valence-corrected chi connectivity index (χ4v) is 5.32. The highest BCUT2D eigenvalue weighted by Crippen LogP contribution is 2.43. The third-order valence-electron chi connectivity index (χ3n) is 5.48. The van der Waals surface area contributed by atoms with Crippen molar-refractivity contribution in [3.63, 3.8) is 0 Å². The molecule has 1 aromatic heterocycles. The smallest absolute Gasteiger partial charge is 0.250 e. The van der Waals surface area contributed by atoms with Gasteiger partial charge in [0.25, 0.3) is 5.56 Å². The van der Waals surface area contributed by atoms with Crippen molar-refractivity contribution < 1.29 is 9.84 Å². The molecular weight excluding hydrogens is 426 g/mol. The Bertz CT molecular complexity index is 1050. The molecular formula is C23H31N5O3S. The first-order valence-electron chi connectivity index (χ1n) is 10.9. The van der Waals surface area contributed by atoms with Crippen molar-refractivity contribution in [2.45, 2.75) is 44.4 Å². The molecule has 172 valence electrons. The summed E-state index contributed by atoms with van der Waals surface area (Å²) in [7, 11) is 0. The molecule has 2 aromatic rings. The zero-order valence-corrected chi connectivity index (χ0v) is 19.2. The van der Waals surface area contributed by atoms with E-state index in [4.69, 9.17) is 10.5 Å². The van der Waals surface area contributed by atoms with Crippen LogP contribution < -0.4 is 32.0 Å². The number of aliphatic hydroxyl groups is 1. The van der Waals surface area contributed by atoms with E-state index < -0.39 is 0 Å². The largest absolute Gasteiger partial charge is 0.492 e. The number of aliphatic hydroxyl groups excluding tert-OH is 1. The molecule has 0 spiro atoms. The number of nitrogens with two attached hydrogens (primary N) is 1. The zero-order chi connectivity index (χ0) is 22.7. The number of nitrogens with one attached hydrogen (secondary N) is 3. The fourth-order valence-electron chi connectivity index (χ4n) is 4.03. The van der Waals surface area contributed by atoms with E-state index in [1.165, 1.54) is 15.5 Å². The number of ether oxygens (including phenoxy) is 1. The average molecular weight is 458 g/mol.